The number of nitrogens with one attached hydrogen (secondary N) is 2. The van der Waals surface area contributed by atoms with E-state index in [1.807, 2.05) is 0 Å². The molecule has 2 aromatic carbocycles. The molecular formula is C24H25F3N6O2. The van der Waals surface area contributed by atoms with Gasteiger partial charge < -0.3 is 21.1 Å². The van der Waals surface area contributed by atoms with E-state index in [1.165, 1.54) is 16.8 Å². The molecule has 1 saturated heterocycles. The minimum Gasteiger partial charge on any atom is -0.457 e. The number of nitrogens with zero attached hydrogens (tertiary/aromatic N) is 3. The molecule has 11 heteroatoms. The third-order valence-corrected chi connectivity index (χ3v) is 6.25. The summed E-state index contributed by atoms with van der Waals surface area (Å²) in [6.07, 6.45) is -3.59. The lowest BCUT2D eigenvalue weighted by atomic mass is 10.0. The molecular weight excluding hydrogens is 461 g/mol. The van der Waals surface area contributed by atoms with Gasteiger partial charge in [-0.2, -0.15) is 18.3 Å². The van der Waals surface area contributed by atoms with Crippen molar-refractivity contribution in [1.82, 2.24) is 20.0 Å². The van der Waals surface area contributed by atoms with Crippen LogP contribution in [0.15, 0.2) is 48.5 Å². The zero-order valence-corrected chi connectivity index (χ0v) is 18.8. The Bertz CT molecular complexity index is 1220. The molecule has 35 heavy (non-hydrogen) atoms. The highest BCUT2D eigenvalue weighted by Crippen LogP contribution is 2.37. The van der Waals surface area contributed by atoms with Gasteiger partial charge in [0.1, 0.15) is 17.2 Å². The van der Waals surface area contributed by atoms with Crippen LogP contribution in [0.2, 0.25) is 0 Å². The fraction of sp³-hybridized carbons (Fsp3) is 0.333. The summed E-state index contributed by atoms with van der Waals surface area (Å²) in [4.78, 5) is 14.8. The van der Waals surface area contributed by atoms with E-state index >= 15 is 0 Å². The summed E-state index contributed by atoms with van der Waals surface area (Å²) in [5.41, 5.74) is 7.26. The van der Waals surface area contributed by atoms with E-state index in [0.29, 0.717) is 23.7 Å². The van der Waals surface area contributed by atoms with Crippen molar-refractivity contribution in [3.8, 4) is 17.2 Å². The van der Waals surface area contributed by atoms with Gasteiger partial charge in [-0.25, -0.2) is 4.68 Å². The summed E-state index contributed by atoms with van der Waals surface area (Å²) in [7, 11) is 0. The second kappa shape index (κ2) is 9.23. The number of benzene rings is 2. The molecule has 1 aromatic heterocycles. The second-order valence-electron chi connectivity index (χ2n) is 8.52. The van der Waals surface area contributed by atoms with Crippen molar-refractivity contribution in [1.29, 1.82) is 0 Å². The maximum Gasteiger partial charge on any atom is 0.416 e. The van der Waals surface area contributed by atoms with Gasteiger partial charge in [-0.3, -0.25) is 9.69 Å². The van der Waals surface area contributed by atoms with E-state index in [2.05, 4.69) is 15.5 Å². The zero-order chi connectivity index (χ0) is 24.6. The average molecular weight is 486 g/mol. The molecule has 1 atom stereocenters. The van der Waals surface area contributed by atoms with Crippen LogP contribution in [0.4, 0.5) is 18.9 Å². The van der Waals surface area contributed by atoms with Crippen molar-refractivity contribution in [2.75, 3.05) is 38.0 Å². The number of nitrogens with two attached hydrogens (primary N) is 1. The van der Waals surface area contributed by atoms with Gasteiger partial charge in [0.05, 0.1) is 23.0 Å². The highest BCUT2D eigenvalue weighted by atomic mass is 19.4. The van der Waals surface area contributed by atoms with Crippen LogP contribution in [-0.4, -0.2) is 53.3 Å². The number of carbonyl (C=O) groups excluding carboxylic acids is 1. The molecule has 0 saturated carbocycles. The summed E-state index contributed by atoms with van der Waals surface area (Å²) in [5, 5.41) is 11.4. The molecule has 5 rings (SSSR count). The zero-order valence-electron chi connectivity index (χ0n) is 18.8. The van der Waals surface area contributed by atoms with E-state index in [4.69, 9.17) is 15.6 Å². The first-order valence-electron chi connectivity index (χ1n) is 11.4. The Morgan fingerprint density at radius 1 is 1.06 bits per heavy atom. The maximum atomic E-state index is 13.0. The van der Waals surface area contributed by atoms with Crippen molar-refractivity contribution in [2.45, 2.75) is 18.6 Å². The lowest BCUT2D eigenvalue weighted by Gasteiger charge is -2.36. The van der Waals surface area contributed by atoms with Crippen LogP contribution in [0.5, 0.6) is 11.5 Å². The van der Waals surface area contributed by atoms with Crippen molar-refractivity contribution in [3.05, 3.63) is 65.5 Å². The third-order valence-electron chi connectivity index (χ3n) is 6.25. The molecule has 2 aliphatic rings. The number of hydrogen-bond donors (Lipinski definition) is 3. The first kappa shape index (κ1) is 23.2. The molecule has 3 aromatic rings. The van der Waals surface area contributed by atoms with Crippen LogP contribution in [0.3, 0.4) is 0 Å². The molecule has 4 N–H and O–H groups in total. The summed E-state index contributed by atoms with van der Waals surface area (Å²) < 4.78 is 46.1. The van der Waals surface area contributed by atoms with Crippen LogP contribution < -0.4 is 21.1 Å². The topological polar surface area (TPSA) is 97.4 Å². The van der Waals surface area contributed by atoms with E-state index in [9.17, 15) is 18.0 Å². The van der Waals surface area contributed by atoms with Crippen molar-refractivity contribution in [2.24, 2.45) is 5.73 Å². The molecule has 0 unspecified atom stereocenters. The Morgan fingerprint density at radius 2 is 1.80 bits per heavy atom. The monoisotopic (exact) mass is 486 g/mol. The molecule has 3 heterocycles. The highest BCUT2D eigenvalue weighted by Gasteiger charge is 2.34. The Morgan fingerprint density at radius 3 is 2.49 bits per heavy atom. The highest BCUT2D eigenvalue weighted by molar-refractivity contribution is 5.98. The van der Waals surface area contributed by atoms with E-state index in [1.54, 1.807) is 24.3 Å². The third kappa shape index (κ3) is 4.69. The van der Waals surface area contributed by atoms with Gasteiger partial charge in [0.15, 0.2) is 5.69 Å². The van der Waals surface area contributed by atoms with Gasteiger partial charge in [-0.1, -0.05) is 6.07 Å². The second-order valence-corrected chi connectivity index (χ2v) is 8.52. The van der Waals surface area contributed by atoms with Gasteiger partial charge in [-0.05, 0) is 48.9 Å². The number of halogens is 3. The van der Waals surface area contributed by atoms with Crippen molar-refractivity contribution < 1.29 is 22.7 Å². The van der Waals surface area contributed by atoms with Gasteiger partial charge >= 0.3 is 6.18 Å². The lowest BCUT2D eigenvalue weighted by Crippen LogP contribution is -2.46. The van der Waals surface area contributed by atoms with E-state index in [0.717, 1.165) is 50.4 Å². The molecule has 1 fully saturated rings. The summed E-state index contributed by atoms with van der Waals surface area (Å²) in [6, 6.07) is 11.4. The van der Waals surface area contributed by atoms with Crippen molar-refractivity contribution in [3.63, 3.8) is 0 Å². The maximum absolute atomic E-state index is 13.0. The molecule has 1 amide bonds. The number of primary amides is 1. The fourth-order valence-electron chi connectivity index (χ4n) is 4.60. The van der Waals surface area contributed by atoms with E-state index < -0.39 is 17.6 Å². The fourth-order valence-corrected chi connectivity index (χ4v) is 4.60. The van der Waals surface area contributed by atoms with Gasteiger partial charge in [0, 0.05) is 32.7 Å². The number of ether oxygens (including phenoxy) is 1. The predicted molar refractivity (Wildman–Crippen MR) is 124 cm³/mol. The number of fused-ring (bicyclic) bond motifs is 1. The Hall–Kier alpha value is -3.57. The number of aromatic nitrogens is 2. The standard InChI is InChI=1S/C24H25F3N6O2/c25-24(26,27)15-2-1-3-18(14-15)35-17-6-4-16(5-7-17)33-22(23(28)34)21-20(31-33)19(8-9-30-21)32-12-10-29-11-13-32/h1-7,14,19,29-30H,8-13H2,(H2,28,34)/t19-/m1/s1. The lowest BCUT2D eigenvalue weighted by molar-refractivity contribution is -0.137. The van der Waals surface area contributed by atoms with Gasteiger partial charge in [0.2, 0.25) is 0 Å². The Kier molecular flexibility index (Phi) is 6.12. The molecule has 0 aliphatic carbocycles. The van der Waals surface area contributed by atoms with E-state index in [-0.39, 0.29) is 17.5 Å². The van der Waals surface area contributed by atoms with Gasteiger partial charge in [-0.15, -0.1) is 0 Å². The number of anilines is 1. The van der Waals surface area contributed by atoms with Gasteiger partial charge in [0.25, 0.3) is 5.91 Å². The Balaban J connectivity index is 1.43. The van der Waals surface area contributed by atoms with Crippen LogP contribution in [0, 0.1) is 0 Å². The van der Waals surface area contributed by atoms with Crippen LogP contribution in [-0.2, 0) is 6.18 Å². The smallest absolute Gasteiger partial charge is 0.416 e. The number of rotatable bonds is 5. The normalized spacial score (nSPS) is 18.5. The first-order chi connectivity index (χ1) is 16.8. The summed E-state index contributed by atoms with van der Waals surface area (Å²) in [5.74, 6) is -0.179. The Labute approximate surface area is 199 Å². The number of hydrogen-bond acceptors (Lipinski definition) is 6. The largest absolute Gasteiger partial charge is 0.457 e. The molecule has 2 aliphatic heterocycles. The predicted octanol–water partition coefficient (Wildman–Crippen LogP) is 3.54. The molecule has 184 valence electrons. The molecule has 0 radical (unpaired) electrons. The average Bonchev–Trinajstić information content (AvgIpc) is 3.25. The van der Waals surface area contributed by atoms with Crippen molar-refractivity contribution >= 4 is 11.6 Å². The van der Waals surface area contributed by atoms with Crippen LogP contribution in [0.1, 0.15) is 34.2 Å². The molecule has 0 bridgehead atoms. The first-order valence-corrected chi connectivity index (χ1v) is 11.4. The SMILES string of the molecule is NC(=O)c1c2c(nn1-c1ccc(Oc3cccc(C(F)(F)F)c3)cc1)[C@H](N1CCNCC1)CCN2. The number of alkyl halides is 3. The number of carbonyl (C=O) groups is 1. The quantitative estimate of drug-likeness (QED) is 0.511. The molecule has 0 spiro atoms. The number of piperazine rings is 1. The minimum atomic E-state index is -4.45. The number of amides is 1. The van der Waals surface area contributed by atoms with Crippen LogP contribution in [0.25, 0.3) is 5.69 Å². The summed E-state index contributed by atoms with van der Waals surface area (Å²) >= 11 is 0. The summed E-state index contributed by atoms with van der Waals surface area (Å²) in [6.45, 7) is 4.29. The minimum absolute atomic E-state index is 0.0722. The molecule has 8 nitrogen and oxygen atoms in total. The van der Waals surface area contributed by atoms with Crippen LogP contribution >= 0.6 is 0 Å².